The second-order valence-electron chi connectivity index (χ2n) is 6.33. The molecule has 3 aromatic rings. The molecule has 0 bridgehead atoms. The van der Waals surface area contributed by atoms with Gasteiger partial charge in [-0.2, -0.15) is 5.10 Å². The molecule has 1 amide bonds. The summed E-state index contributed by atoms with van der Waals surface area (Å²) in [5.41, 5.74) is 2.47. The van der Waals surface area contributed by atoms with E-state index in [4.69, 9.17) is 9.72 Å². The number of para-hydroxylation sites is 1. The fraction of sp³-hybridized carbons (Fsp3) is 0.316. The molecule has 1 aliphatic rings. The molecule has 0 aliphatic carbocycles. The van der Waals surface area contributed by atoms with Crippen LogP contribution in [0, 0.1) is 0 Å². The predicted molar refractivity (Wildman–Crippen MR) is 101 cm³/mol. The van der Waals surface area contributed by atoms with Crippen LogP contribution in [0.3, 0.4) is 0 Å². The molecule has 1 fully saturated rings. The van der Waals surface area contributed by atoms with Gasteiger partial charge in [0.1, 0.15) is 11.4 Å². The average Bonchev–Trinajstić information content (AvgIpc) is 3.39. The molecule has 0 radical (unpaired) electrons. The SMILES string of the molecule is COc1ccccc1-c1csc([C@@H]2CCCN(C(=O)c3ccn[nH]3)C2)n1. The number of hydrogen-bond acceptors (Lipinski definition) is 5. The average molecular weight is 368 g/mol. The van der Waals surface area contributed by atoms with Crippen molar-refractivity contribution in [2.45, 2.75) is 18.8 Å². The van der Waals surface area contributed by atoms with Gasteiger partial charge in [0.05, 0.1) is 17.8 Å². The Morgan fingerprint density at radius 1 is 1.35 bits per heavy atom. The van der Waals surface area contributed by atoms with Crippen LogP contribution in [-0.4, -0.2) is 46.2 Å². The number of rotatable bonds is 4. The number of H-pyrrole nitrogens is 1. The molecule has 26 heavy (non-hydrogen) atoms. The van der Waals surface area contributed by atoms with Crippen LogP contribution in [0.2, 0.25) is 0 Å². The summed E-state index contributed by atoms with van der Waals surface area (Å²) < 4.78 is 5.45. The number of carbonyl (C=O) groups is 1. The lowest BCUT2D eigenvalue weighted by molar-refractivity contribution is 0.0701. The minimum absolute atomic E-state index is 0.00806. The van der Waals surface area contributed by atoms with Gasteiger partial charge in [0.2, 0.25) is 0 Å². The van der Waals surface area contributed by atoms with E-state index in [1.807, 2.05) is 29.2 Å². The third kappa shape index (κ3) is 3.22. The van der Waals surface area contributed by atoms with Gasteiger partial charge >= 0.3 is 0 Å². The zero-order valence-corrected chi connectivity index (χ0v) is 15.3. The number of piperidine rings is 1. The molecule has 2 aromatic heterocycles. The van der Waals surface area contributed by atoms with E-state index >= 15 is 0 Å². The summed E-state index contributed by atoms with van der Waals surface area (Å²) in [6.07, 6.45) is 3.63. The highest BCUT2D eigenvalue weighted by Crippen LogP contribution is 2.35. The van der Waals surface area contributed by atoms with Gasteiger partial charge in [0, 0.05) is 36.1 Å². The zero-order valence-electron chi connectivity index (χ0n) is 14.5. The first-order valence-corrected chi connectivity index (χ1v) is 9.51. The molecule has 1 aromatic carbocycles. The topological polar surface area (TPSA) is 71.1 Å². The lowest BCUT2D eigenvalue weighted by atomic mass is 9.98. The van der Waals surface area contributed by atoms with Crippen LogP contribution in [0.15, 0.2) is 41.9 Å². The summed E-state index contributed by atoms with van der Waals surface area (Å²) in [6.45, 7) is 1.47. The number of amides is 1. The summed E-state index contributed by atoms with van der Waals surface area (Å²) in [7, 11) is 1.67. The van der Waals surface area contributed by atoms with Crippen LogP contribution in [0.25, 0.3) is 11.3 Å². The number of likely N-dealkylation sites (tertiary alicyclic amines) is 1. The van der Waals surface area contributed by atoms with Crippen molar-refractivity contribution in [3.63, 3.8) is 0 Å². The monoisotopic (exact) mass is 368 g/mol. The number of thiazole rings is 1. The molecule has 0 unspecified atom stereocenters. The number of nitrogens with zero attached hydrogens (tertiary/aromatic N) is 3. The summed E-state index contributed by atoms with van der Waals surface area (Å²) >= 11 is 1.66. The highest BCUT2D eigenvalue weighted by atomic mass is 32.1. The number of ether oxygens (including phenoxy) is 1. The van der Waals surface area contributed by atoms with Crippen LogP contribution in [0.5, 0.6) is 5.75 Å². The van der Waals surface area contributed by atoms with E-state index in [-0.39, 0.29) is 11.8 Å². The van der Waals surface area contributed by atoms with Crippen molar-refractivity contribution >= 4 is 17.2 Å². The minimum Gasteiger partial charge on any atom is -0.496 e. The molecule has 7 heteroatoms. The fourth-order valence-corrected chi connectivity index (χ4v) is 4.31. The first-order chi connectivity index (χ1) is 12.8. The van der Waals surface area contributed by atoms with E-state index in [2.05, 4.69) is 15.6 Å². The summed E-state index contributed by atoms with van der Waals surface area (Å²) in [6, 6.07) is 9.62. The van der Waals surface area contributed by atoms with Gasteiger partial charge < -0.3 is 9.64 Å². The Kier molecular flexibility index (Phi) is 4.71. The standard InChI is InChI=1S/C19H20N4O2S/c1-25-17-7-3-2-6-14(17)16-12-26-18(21-16)13-5-4-10-23(11-13)19(24)15-8-9-20-22-15/h2-3,6-9,12-13H,4-5,10-11H2,1H3,(H,20,22)/t13-/m1/s1. The smallest absolute Gasteiger partial charge is 0.271 e. The molecule has 3 heterocycles. The maximum absolute atomic E-state index is 12.6. The van der Waals surface area contributed by atoms with Crippen molar-refractivity contribution in [1.82, 2.24) is 20.1 Å². The van der Waals surface area contributed by atoms with Crippen LogP contribution in [0.1, 0.15) is 34.3 Å². The highest BCUT2D eigenvalue weighted by Gasteiger charge is 2.28. The number of hydrogen-bond donors (Lipinski definition) is 1. The molecular weight excluding hydrogens is 348 g/mol. The van der Waals surface area contributed by atoms with E-state index in [0.29, 0.717) is 12.2 Å². The number of aromatic amines is 1. The van der Waals surface area contributed by atoms with Gasteiger partial charge in [-0.15, -0.1) is 11.3 Å². The normalized spacial score (nSPS) is 17.3. The van der Waals surface area contributed by atoms with Crippen molar-refractivity contribution in [3.8, 4) is 17.0 Å². The Morgan fingerprint density at radius 3 is 3.04 bits per heavy atom. The van der Waals surface area contributed by atoms with E-state index in [1.54, 1.807) is 30.7 Å². The van der Waals surface area contributed by atoms with E-state index in [0.717, 1.165) is 41.4 Å². The lowest BCUT2D eigenvalue weighted by Gasteiger charge is -2.31. The molecule has 1 saturated heterocycles. The van der Waals surface area contributed by atoms with Crippen molar-refractivity contribution < 1.29 is 9.53 Å². The van der Waals surface area contributed by atoms with Crippen LogP contribution >= 0.6 is 11.3 Å². The Bertz CT molecular complexity index is 891. The van der Waals surface area contributed by atoms with Crippen LogP contribution in [0.4, 0.5) is 0 Å². The Morgan fingerprint density at radius 2 is 2.23 bits per heavy atom. The third-order valence-corrected chi connectivity index (χ3v) is 5.70. The van der Waals surface area contributed by atoms with Gasteiger partial charge in [0.15, 0.2) is 0 Å². The minimum atomic E-state index is 0.00806. The molecule has 1 atom stereocenters. The molecular formula is C19H20N4O2S. The number of aromatic nitrogens is 3. The first kappa shape index (κ1) is 16.8. The number of carbonyl (C=O) groups excluding carboxylic acids is 1. The molecule has 0 spiro atoms. The van der Waals surface area contributed by atoms with E-state index < -0.39 is 0 Å². The molecule has 1 aliphatic heterocycles. The maximum atomic E-state index is 12.6. The van der Waals surface area contributed by atoms with Gasteiger partial charge in [0.25, 0.3) is 5.91 Å². The Hall–Kier alpha value is -2.67. The first-order valence-electron chi connectivity index (χ1n) is 8.63. The Labute approximate surface area is 155 Å². The maximum Gasteiger partial charge on any atom is 0.271 e. The summed E-state index contributed by atoms with van der Waals surface area (Å²) in [5.74, 6) is 1.10. The summed E-state index contributed by atoms with van der Waals surface area (Å²) in [4.78, 5) is 19.3. The van der Waals surface area contributed by atoms with Gasteiger partial charge in [-0.3, -0.25) is 9.89 Å². The van der Waals surface area contributed by atoms with Crippen molar-refractivity contribution in [2.24, 2.45) is 0 Å². The van der Waals surface area contributed by atoms with Gasteiger partial charge in [-0.05, 0) is 31.0 Å². The predicted octanol–water partition coefficient (Wildman–Crippen LogP) is 3.56. The molecule has 0 saturated carbocycles. The Balaban J connectivity index is 1.53. The second kappa shape index (κ2) is 7.29. The highest BCUT2D eigenvalue weighted by molar-refractivity contribution is 7.10. The summed E-state index contributed by atoms with van der Waals surface area (Å²) in [5, 5.41) is 9.78. The van der Waals surface area contributed by atoms with Crippen LogP contribution < -0.4 is 4.74 Å². The van der Waals surface area contributed by atoms with E-state index in [9.17, 15) is 4.79 Å². The van der Waals surface area contributed by atoms with Crippen molar-refractivity contribution in [3.05, 3.63) is 52.6 Å². The van der Waals surface area contributed by atoms with Crippen molar-refractivity contribution in [2.75, 3.05) is 20.2 Å². The van der Waals surface area contributed by atoms with E-state index in [1.165, 1.54) is 0 Å². The molecule has 134 valence electrons. The number of methoxy groups -OCH3 is 1. The van der Waals surface area contributed by atoms with Gasteiger partial charge in [-0.25, -0.2) is 4.98 Å². The quantitative estimate of drug-likeness (QED) is 0.764. The zero-order chi connectivity index (χ0) is 17.9. The van der Waals surface area contributed by atoms with Crippen molar-refractivity contribution in [1.29, 1.82) is 0 Å². The third-order valence-electron chi connectivity index (χ3n) is 4.69. The fourth-order valence-electron chi connectivity index (χ4n) is 3.36. The number of nitrogens with one attached hydrogen (secondary N) is 1. The molecule has 6 nitrogen and oxygen atoms in total. The molecule has 4 rings (SSSR count). The van der Waals surface area contributed by atoms with Gasteiger partial charge in [-0.1, -0.05) is 12.1 Å². The number of benzene rings is 1. The molecule has 1 N–H and O–H groups in total. The largest absolute Gasteiger partial charge is 0.496 e. The van der Waals surface area contributed by atoms with Crippen LogP contribution in [-0.2, 0) is 0 Å². The second-order valence-corrected chi connectivity index (χ2v) is 7.22. The lowest BCUT2D eigenvalue weighted by Crippen LogP contribution is -2.39.